The lowest BCUT2D eigenvalue weighted by Crippen LogP contribution is -2.31. The van der Waals surface area contributed by atoms with Gasteiger partial charge < -0.3 is 19.3 Å². The van der Waals surface area contributed by atoms with Crippen LogP contribution in [0.3, 0.4) is 0 Å². The first-order valence-corrected chi connectivity index (χ1v) is 7.32. The maximum atomic E-state index is 9.34. The van der Waals surface area contributed by atoms with Crippen molar-refractivity contribution < 1.29 is 19.3 Å². The van der Waals surface area contributed by atoms with Crippen molar-refractivity contribution in [3.8, 4) is 5.75 Å². The fraction of sp³-hybridized carbons (Fsp3) is 0.625. The van der Waals surface area contributed by atoms with E-state index in [0.29, 0.717) is 13.2 Å². The van der Waals surface area contributed by atoms with Crippen LogP contribution in [0, 0.1) is 5.92 Å². The molecule has 0 spiro atoms. The van der Waals surface area contributed by atoms with Gasteiger partial charge in [-0.2, -0.15) is 0 Å². The van der Waals surface area contributed by atoms with Gasteiger partial charge in [0, 0.05) is 44.8 Å². The Morgan fingerprint density at radius 2 is 2.24 bits per heavy atom. The summed E-state index contributed by atoms with van der Waals surface area (Å²) in [5.74, 6) is 1.05. The smallest absolute Gasteiger partial charge is 0.124 e. The van der Waals surface area contributed by atoms with E-state index in [1.54, 1.807) is 14.2 Å². The topological polar surface area (TPSA) is 51.2 Å². The minimum atomic E-state index is 0.175. The number of hydrogen-bond acceptors (Lipinski definition) is 5. The number of nitrogens with zero attached hydrogens (tertiary/aromatic N) is 1. The van der Waals surface area contributed by atoms with Crippen molar-refractivity contribution in [2.75, 3.05) is 47.1 Å². The molecule has 0 radical (unpaired) electrons. The average molecular weight is 295 g/mol. The molecule has 0 aliphatic carbocycles. The van der Waals surface area contributed by atoms with Gasteiger partial charge in [-0.05, 0) is 17.7 Å². The van der Waals surface area contributed by atoms with Crippen molar-refractivity contribution in [1.29, 1.82) is 0 Å². The molecule has 1 aliphatic heterocycles. The summed E-state index contributed by atoms with van der Waals surface area (Å²) < 4.78 is 16.1. The fourth-order valence-corrected chi connectivity index (χ4v) is 2.66. The Morgan fingerprint density at radius 1 is 1.38 bits per heavy atom. The van der Waals surface area contributed by atoms with E-state index in [1.807, 2.05) is 6.07 Å². The quantitative estimate of drug-likeness (QED) is 0.857. The fourth-order valence-electron chi connectivity index (χ4n) is 2.66. The molecule has 2 rings (SSSR count). The summed E-state index contributed by atoms with van der Waals surface area (Å²) >= 11 is 0. The zero-order valence-electron chi connectivity index (χ0n) is 12.9. The van der Waals surface area contributed by atoms with Crippen molar-refractivity contribution in [3.05, 3.63) is 29.3 Å². The molecule has 118 valence electrons. The van der Waals surface area contributed by atoms with Crippen LogP contribution < -0.4 is 4.74 Å². The molecule has 1 heterocycles. The van der Waals surface area contributed by atoms with Gasteiger partial charge in [-0.25, -0.2) is 0 Å². The van der Waals surface area contributed by atoms with Gasteiger partial charge in [-0.15, -0.1) is 0 Å². The Balaban J connectivity index is 2.05. The molecule has 0 amide bonds. The SMILES string of the molecule is COCc1cc(CN2CCOC[C@H](CO)C2)ccc1OC. The number of benzene rings is 1. The second kappa shape index (κ2) is 8.34. The van der Waals surface area contributed by atoms with E-state index in [-0.39, 0.29) is 12.5 Å². The number of aliphatic hydroxyl groups excluding tert-OH is 1. The van der Waals surface area contributed by atoms with Crippen LogP contribution in [0.4, 0.5) is 0 Å². The Hall–Kier alpha value is -1.14. The lowest BCUT2D eigenvalue weighted by atomic mass is 10.1. The van der Waals surface area contributed by atoms with Crippen LogP contribution in [0.25, 0.3) is 0 Å². The summed E-state index contributed by atoms with van der Waals surface area (Å²) in [6.07, 6.45) is 0. The van der Waals surface area contributed by atoms with Gasteiger partial charge in [-0.3, -0.25) is 4.90 Å². The first-order valence-electron chi connectivity index (χ1n) is 7.32. The van der Waals surface area contributed by atoms with E-state index in [0.717, 1.165) is 37.6 Å². The molecule has 1 aliphatic rings. The minimum absolute atomic E-state index is 0.175. The van der Waals surface area contributed by atoms with Crippen molar-refractivity contribution in [3.63, 3.8) is 0 Å². The highest BCUT2D eigenvalue weighted by Crippen LogP contribution is 2.22. The van der Waals surface area contributed by atoms with Gasteiger partial charge in [0.1, 0.15) is 5.75 Å². The highest BCUT2D eigenvalue weighted by Gasteiger charge is 2.18. The zero-order chi connectivity index (χ0) is 15.1. The summed E-state index contributed by atoms with van der Waals surface area (Å²) in [7, 11) is 3.36. The molecule has 0 bridgehead atoms. The van der Waals surface area contributed by atoms with E-state index in [2.05, 4.69) is 17.0 Å². The molecule has 1 aromatic rings. The van der Waals surface area contributed by atoms with E-state index in [1.165, 1.54) is 5.56 Å². The second-order valence-corrected chi connectivity index (χ2v) is 5.44. The molecular formula is C16H25NO4. The number of ether oxygens (including phenoxy) is 3. The zero-order valence-corrected chi connectivity index (χ0v) is 12.9. The maximum absolute atomic E-state index is 9.34. The van der Waals surface area contributed by atoms with Gasteiger partial charge >= 0.3 is 0 Å². The van der Waals surface area contributed by atoms with E-state index < -0.39 is 0 Å². The number of rotatable bonds is 6. The van der Waals surface area contributed by atoms with Gasteiger partial charge in [0.2, 0.25) is 0 Å². The second-order valence-electron chi connectivity index (χ2n) is 5.44. The van der Waals surface area contributed by atoms with Crippen molar-refractivity contribution in [2.45, 2.75) is 13.2 Å². The molecule has 0 saturated carbocycles. The molecule has 21 heavy (non-hydrogen) atoms. The van der Waals surface area contributed by atoms with Crippen molar-refractivity contribution >= 4 is 0 Å². The molecule has 1 saturated heterocycles. The molecule has 0 aromatic heterocycles. The summed E-state index contributed by atoms with van der Waals surface area (Å²) in [4.78, 5) is 2.33. The third kappa shape index (κ3) is 4.68. The molecular weight excluding hydrogens is 270 g/mol. The third-order valence-electron chi connectivity index (χ3n) is 3.73. The van der Waals surface area contributed by atoms with Crippen LogP contribution in [0.5, 0.6) is 5.75 Å². The lowest BCUT2D eigenvalue weighted by Gasteiger charge is -2.22. The van der Waals surface area contributed by atoms with Crippen LogP contribution in [-0.4, -0.2) is 57.1 Å². The minimum Gasteiger partial charge on any atom is -0.496 e. The van der Waals surface area contributed by atoms with E-state index in [9.17, 15) is 5.11 Å². The van der Waals surface area contributed by atoms with Crippen molar-refractivity contribution in [2.24, 2.45) is 5.92 Å². The summed E-state index contributed by atoms with van der Waals surface area (Å²) in [5.41, 5.74) is 2.28. The normalized spacial score (nSPS) is 20.2. The molecule has 1 aromatic carbocycles. The van der Waals surface area contributed by atoms with Crippen LogP contribution in [0.2, 0.25) is 0 Å². The monoisotopic (exact) mass is 295 g/mol. The van der Waals surface area contributed by atoms with Crippen LogP contribution in [0.15, 0.2) is 18.2 Å². The largest absolute Gasteiger partial charge is 0.496 e. The van der Waals surface area contributed by atoms with Crippen LogP contribution in [-0.2, 0) is 22.6 Å². The molecule has 1 N–H and O–H groups in total. The first kappa shape index (κ1) is 16.2. The predicted molar refractivity (Wildman–Crippen MR) is 80.4 cm³/mol. The summed E-state index contributed by atoms with van der Waals surface area (Å²) in [6, 6.07) is 6.20. The number of aliphatic hydroxyl groups is 1. The lowest BCUT2D eigenvalue weighted by molar-refractivity contribution is 0.0958. The highest BCUT2D eigenvalue weighted by atomic mass is 16.5. The van der Waals surface area contributed by atoms with Crippen LogP contribution in [0.1, 0.15) is 11.1 Å². The maximum Gasteiger partial charge on any atom is 0.124 e. The molecule has 1 fully saturated rings. The Kier molecular flexibility index (Phi) is 6.45. The van der Waals surface area contributed by atoms with E-state index >= 15 is 0 Å². The summed E-state index contributed by atoms with van der Waals surface area (Å²) in [5, 5.41) is 9.34. The number of methoxy groups -OCH3 is 2. The Bertz CT molecular complexity index is 438. The Morgan fingerprint density at radius 3 is 2.95 bits per heavy atom. The van der Waals surface area contributed by atoms with E-state index in [4.69, 9.17) is 14.2 Å². The van der Waals surface area contributed by atoms with Crippen molar-refractivity contribution in [1.82, 2.24) is 4.90 Å². The number of hydrogen-bond donors (Lipinski definition) is 1. The highest BCUT2D eigenvalue weighted by molar-refractivity contribution is 5.36. The Labute approximate surface area is 126 Å². The molecule has 0 unspecified atom stereocenters. The standard InChI is InChI=1S/C16H25NO4/c1-19-12-15-7-13(3-4-16(15)20-2)8-17-5-6-21-11-14(9-17)10-18/h3-4,7,14,18H,5-6,8-12H2,1-2H3/t14-/m0/s1. The predicted octanol–water partition coefficient (Wildman–Crippen LogP) is 1.28. The third-order valence-corrected chi connectivity index (χ3v) is 3.73. The molecule has 1 atom stereocenters. The van der Waals surface area contributed by atoms with Crippen LogP contribution >= 0.6 is 0 Å². The van der Waals surface area contributed by atoms with Gasteiger partial charge in [-0.1, -0.05) is 6.07 Å². The van der Waals surface area contributed by atoms with Gasteiger partial charge in [0.25, 0.3) is 0 Å². The molecule has 5 heteroatoms. The summed E-state index contributed by atoms with van der Waals surface area (Å²) in [6.45, 7) is 4.68. The van der Waals surface area contributed by atoms with Gasteiger partial charge in [0.15, 0.2) is 0 Å². The first-order chi connectivity index (χ1) is 10.3. The van der Waals surface area contributed by atoms with Gasteiger partial charge in [0.05, 0.1) is 26.9 Å². The average Bonchev–Trinajstić information content (AvgIpc) is 2.73. The molecule has 5 nitrogen and oxygen atoms in total.